The number of rotatable bonds is 2. The van der Waals surface area contributed by atoms with Gasteiger partial charge in [-0.1, -0.05) is 12.1 Å². The summed E-state index contributed by atoms with van der Waals surface area (Å²) >= 11 is 0. The maximum absolute atomic E-state index is 9.98. The molecule has 2 aromatic carbocycles. The van der Waals surface area contributed by atoms with E-state index in [1.54, 1.807) is 31.4 Å². The molecule has 0 bridgehead atoms. The SMILES string of the molecule is COC1CC(c2ccc(O)cc2)Oc2cc(O)cc(O)c21. The molecule has 3 N–H and O–H groups in total. The zero-order chi connectivity index (χ0) is 15.0. The van der Waals surface area contributed by atoms with Gasteiger partial charge in [0.05, 0.1) is 11.7 Å². The highest BCUT2D eigenvalue weighted by Gasteiger charge is 2.32. The summed E-state index contributed by atoms with van der Waals surface area (Å²) in [6.45, 7) is 0. The first-order valence-corrected chi connectivity index (χ1v) is 6.62. The van der Waals surface area contributed by atoms with Crippen LogP contribution in [-0.4, -0.2) is 22.4 Å². The molecule has 21 heavy (non-hydrogen) atoms. The Kier molecular flexibility index (Phi) is 3.35. The lowest BCUT2D eigenvalue weighted by Crippen LogP contribution is -2.20. The number of benzene rings is 2. The van der Waals surface area contributed by atoms with Gasteiger partial charge in [0, 0.05) is 25.7 Å². The molecule has 5 heteroatoms. The van der Waals surface area contributed by atoms with E-state index in [4.69, 9.17) is 9.47 Å². The summed E-state index contributed by atoms with van der Waals surface area (Å²) in [5.41, 5.74) is 1.44. The van der Waals surface area contributed by atoms with Gasteiger partial charge in [-0.3, -0.25) is 0 Å². The number of phenolic OH excluding ortho intramolecular Hbond substituents is 3. The van der Waals surface area contributed by atoms with Gasteiger partial charge in [-0.15, -0.1) is 0 Å². The Labute approximate surface area is 122 Å². The number of fused-ring (bicyclic) bond motifs is 1. The van der Waals surface area contributed by atoms with E-state index in [-0.39, 0.29) is 29.5 Å². The van der Waals surface area contributed by atoms with Crippen LogP contribution in [0.15, 0.2) is 36.4 Å². The average molecular weight is 288 g/mol. The molecule has 1 aliphatic rings. The van der Waals surface area contributed by atoms with Gasteiger partial charge in [0.1, 0.15) is 29.1 Å². The molecule has 0 fully saturated rings. The van der Waals surface area contributed by atoms with Crippen molar-refractivity contribution in [3.63, 3.8) is 0 Å². The second kappa shape index (κ2) is 5.18. The van der Waals surface area contributed by atoms with Crippen molar-refractivity contribution < 1.29 is 24.8 Å². The molecule has 110 valence electrons. The molecule has 5 nitrogen and oxygen atoms in total. The molecule has 1 aliphatic heterocycles. The fourth-order valence-electron chi connectivity index (χ4n) is 2.64. The third-order valence-electron chi connectivity index (χ3n) is 3.67. The summed E-state index contributed by atoms with van der Waals surface area (Å²) in [5.74, 6) is 0.491. The topological polar surface area (TPSA) is 79.2 Å². The Morgan fingerprint density at radius 2 is 1.76 bits per heavy atom. The van der Waals surface area contributed by atoms with Crippen LogP contribution in [0.25, 0.3) is 0 Å². The van der Waals surface area contributed by atoms with Crippen molar-refractivity contribution in [2.75, 3.05) is 7.11 Å². The lowest BCUT2D eigenvalue weighted by atomic mass is 9.94. The molecule has 0 saturated heterocycles. The molecule has 3 rings (SSSR count). The van der Waals surface area contributed by atoms with Crippen molar-refractivity contribution in [2.24, 2.45) is 0 Å². The highest BCUT2D eigenvalue weighted by Crippen LogP contribution is 2.47. The van der Waals surface area contributed by atoms with Crippen LogP contribution in [0.1, 0.15) is 29.8 Å². The molecule has 0 radical (unpaired) electrons. The molecule has 0 spiro atoms. The van der Waals surface area contributed by atoms with E-state index in [9.17, 15) is 15.3 Å². The molecule has 0 amide bonds. The normalized spacial score (nSPS) is 20.6. The van der Waals surface area contributed by atoms with Gasteiger partial charge >= 0.3 is 0 Å². The second-order valence-corrected chi connectivity index (χ2v) is 5.03. The highest BCUT2D eigenvalue weighted by molar-refractivity contribution is 5.52. The van der Waals surface area contributed by atoms with Crippen molar-refractivity contribution in [2.45, 2.75) is 18.6 Å². The van der Waals surface area contributed by atoms with Crippen molar-refractivity contribution in [1.29, 1.82) is 0 Å². The lowest BCUT2D eigenvalue weighted by Gasteiger charge is -2.32. The Bertz CT molecular complexity index is 650. The Hall–Kier alpha value is -2.40. The summed E-state index contributed by atoms with van der Waals surface area (Å²) < 4.78 is 11.3. The van der Waals surface area contributed by atoms with E-state index in [1.807, 2.05) is 0 Å². The maximum Gasteiger partial charge on any atom is 0.133 e. The quantitative estimate of drug-likeness (QED) is 0.791. The number of methoxy groups -OCH3 is 1. The molecule has 1 heterocycles. The fraction of sp³-hybridized carbons (Fsp3) is 0.250. The number of hydrogen-bond donors (Lipinski definition) is 3. The molecule has 0 aromatic heterocycles. The van der Waals surface area contributed by atoms with E-state index in [0.29, 0.717) is 17.7 Å². The molecule has 0 aliphatic carbocycles. The Morgan fingerprint density at radius 3 is 2.43 bits per heavy atom. The summed E-state index contributed by atoms with van der Waals surface area (Å²) in [7, 11) is 1.57. The predicted molar refractivity (Wildman–Crippen MR) is 75.6 cm³/mol. The predicted octanol–water partition coefficient (Wildman–Crippen LogP) is 3.01. The van der Waals surface area contributed by atoms with Crippen LogP contribution < -0.4 is 4.74 Å². The van der Waals surface area contributed by atoms with Crippen molar-refractivity contribution in [3.05, 3.63) is 47.5 Å². The average Bonchev–Trinajstić information content (AvgIpc) is 2.46. The summed E-state index contributed by atoms with van der Waals surface area (Å²) in [5, 5.41) is 28.9. The van der Waals surface area contributed by atoms with Crippen LogP contribution in [0.3, 0.4) is 0 Å². The summed E-state index contributed by atoms with van der Waals surface area (Å²) in [4.78, 5) is 0. The standard InChI is InChI=1S/C16H16O5/c1-20-14-8-13(9-2-4-10(17)5-3-9)21-15-7-11(18)6-12(19)16(14)15/h2-7,13-14,17-19H,8H2,1H3. The van der Waals surface area contributed by atoms with Crippen LogP contribution in [0.4, 0.5) is 0 Å². The van der Waals surface area contributed by atoms with Gasteiger partial charge in [-0.05, 0) is 17.7 Å². The largest absolute Gasteiger partial charge is 0.508 e. The van der Waals surface area contributed by atoms with E-state index in [2.05, 4.69) is 0 Å². The highest BCUT2D eigenvalue weighted by atomic mass is 16.5. The van der Waals surface area contributed by atoms with Crippen LogP contribution in [0.2, 0.25) is 0 Å². The molecule has 2 atom stereocenters. The monoisotopic (exact) mass is 288 g/mol. The minimum absolute atomic E-state index is 0.0407. The molecule has 2 aromatic rings. The van der Waals surface area contributed by atoms with Gasteiger partial charge < -0.3 is 24.8 Å². The Balaban J connectivity index is 2.00. The lowest BCUT2D eigenvalue weighted by molar-refractivity contribution is 0.0280. The van der Waals surface area contributed by atoms with E-state index in [0.717, 1.165) is 5.56 Å². The van der Waals surface area contributed by atoms with Gasteiger partial charge in [-0.25, -0.2) is 0 Å². The Morgan fingerprint density at radius 1 is 1.05 bits per heavy atom. The van der Waals surface area contributed by atoms with E-state index < -0.39 is 0 Å². The molecular weight excluding hydrogens is 272 g/mol. The van der Waals surface area contributed by atoms with Crippen molar-refractivity contribution in [1.82, 2.24) is 0 Å². The first kappa shape index (κ1) is 13.6. The minimum atomic E-state index is -0.326. The van der Waals surface area contributed by atoms with Gasteiger partial charge in [-0.2, -0.15) is 0 Å². The van der Waals surface area contributed by atoms with Gasteiger partial charge in [0.25, 0.3) is 0 Å². The molecule has 0 saturated carbocycles. The molecular formula is C16H16O5. The van der Waals surface area contributed by atoms with E-state index in [1.165, 1.54) is 12.1 Å². The first-order valence-electron chi connectivity index (χ1n) is 6.62. The molecule has 2 unspecified atom stereocenters. The first-order chi connectivity index (χ1) is 10.1. The zero-order valence-electron chi connectivity index (χ0n) is 11.5. The minimum Gasteiger partial charge on any atom is -0.508 e. The number of aromatic hydroxyl groups is 3. The number of phenols is 3. The van der Waals surface area contributed by atoms with Crippen LogP contribution >= 0.6 is 0 Å². The fourth-order valence-corrected chi connectivity index (χ4v) is 2.64. The number of hydrogen-bond acceptors (Lipinski definition) is 5. The smallest absolute Gasteiger partial charge is 0.133 e. The van der Waals surface area contributed by atoms with Crippen LogP contribution in [-0.2, 0) is 4.74 Å². The van der Waals surface area contributed by atoms with Crippen LogP contribution in [0.5, 0.6) is 23.0 Å². The van der Waals surface area contributed by atoms with Gasteiger partial charge in [0.2, 0.25) is 0 Å². The van der Waals surface area contributed by atoms with Crippen molar-refractivity contribution >= 4 is 0 Å². The summed E-state index contributed by atoms with van der Waals surface area (Å²) in [6, 6.07) is 9.48. The third kappa shape index (κ3) is 2.48. The van der Waals surface area contributed by atoms with Crippen LogP contribution in [0, 0.1) is 0 Å². The third-order valence-corrected chi connectivity index (χ3v) is 3.67. The second-order valence-electron chi connectivity index (χ2n) is 5.03. The summed E-state index contributed by atoms with van der Waals surface area (Å²) in [6.07, 6.45) is -0.0653. The van der Waals surface area contributed by atoms with Gasteiger partial charge in [0.15, 0.2) is 0 Å². The van der Waals surface area contributed by atoms with Crippen molar-refractivity contribution in [3.8, 4) is 23.0 Å². The van der Waals surface area contributed by atoms with E-state index >= 15 is 0 Å². The zero-order valence-corrected chi connectivity index (χ0v) is 11.5. The number of ether oxygens (including phenoxy) is 2. The maximum atomic E-state index is 9.98.